The summed E-state index contributed by atoms with van der Waals surface area (Å²) < 4.78 is 0. The Morgan fingerprint density at radius 1 is 0.750 bits per heavy atom. The molecule has 0 aromatic heterocycles. The van der Waals surface area contributed by atoms with Gasteiger partial charge in [-0.1, -0.05) is 0 Å². The molecule has 0 rings (SSSR count). The van der Waals surface area contributed by atoms with Gasteiger partial charge in [-0.2, -0.15) is 0 Å². The summed E-state index contributed by atoms with van der Waals surface area (Å²) in [5, 5.41) is 0. The fraction of sp³-hybridized carbons (Fsp3) is 0. The topological polar surface area (TPSA) is 0 Å². The molecule has 0 aromatic carbocycles. The van der Waals surface area contributed by atoms with Crippen LogP contribution in [0.4, 0.5) is 0 Å². The second-order valence-corrected chi connectivity index (χ2v) is 0. The fourth-order valence-electron chi connectivity index (χ4n) is 0. The molecule has 0 heterocycles. The first-order valence-electron chi connectivity index (χ1n) is 0.436. The molecule has 0 aliphatic rings. The Balaban J connectivity index is 0. The van der Waals surface area contributed by atoms with Crippen LogP contribution in [0.3, 0.4) is 0 Å². The monoisotopic (exact) mass is 432 g/mol. The van der Waals surface area contributed by atoms with Crippen LogP contribution in [0.1, 0.15) is 0 Å². The first-order valence-corrected chi connectivity index (χ1v) is 17.3. The number of halogens is 2. The Hall–Kier alpha value is 3.67. The average Bonchev–Trinajstić information content (AvgIpc) is 1.50. The van der Waals surface area contributed by atoms with Crippen LogP contribution in [0, 0.1) is 0 Å². The van der Waals surface area contributed by atoms with Crippen molar-refractivity contribution in [2.75, 3.05) is 0 Å². The van der Waals surface area contributed by atoms with Crippen LogP contribution in [0.25, 0.3) is 0 Å². The van der Waals surface area contributed by atoms with Crippen molar-refractivity contribution in [1.29, 1.82) is 0 Å². The minimum absolute atomic E-state index is 1.32. The molecule has 0 N–H and O–H groups in total. The summed E-state index contributed by atoms with van der Waals surface area (Å²) in [5.41, 5.74) is 0. The zero-order chi connectivity index (χ0) is 4.00. The van der Waals surface area contributed by atoms with Crippen molar-refractivity contribution in [3.8, 4) is 0 Å². The molecular weight excluding hydrogens is 432 g/mol. The second kappa shape index (κ2) is 15.9. The minimum atomic E-state index is 1.32. The zero-order valence-corrected chi connectivity index (χ0v) is 11.9. The normalized spacial score (nSPS) is 2.00. The van der Waals surface area contributed by atoms with Gasteiger partial charge in [-0.05, 0) is 0 Å². The quantitative estimate of drug-likeness (QED) is 0.513. The first-order chi connectivity index (χ1) is 2.00. The maximum absolute atomic E-state index is 2.28. The summed E-state index contributed by atoms with van der Waals surface area (Å²) in [6, 6.07) is 0. The van der Waals surface area contributed by atoms with Crippen LogP contribution in [-0.4, -0.2) is 0 Å². The van der Waals surface area contributed by atoms with Crippen LogP contribution >= 0.6 is 32.7 Å². The van der Waals surface area contributed by atoms with E-state index in [2.05, 4.69) is 32.7 Å². The van der Waals surface area contributed by atoms with Gasteiger partial charge in [0.2, 0.25) is 0 Å². The van der Waals surface area contributed by atoms with Gasteiger partial charge in [0.15, 0.2) is 0 Å². The molecule has 0 amide bonds. The van der Waals surface area contributed by atoms with E-state index in [4.69, 9.17) is 0 Å². The van der Waals surface area contributed by atoms with Crippen molar-refractivity contribution >= 4 is 32.7 Å². The van der Waals surface area contributed by atoms with E-state index in [0.29, 0.717) is 0 Å². The van der Waals surface area contributed by atoms with Crippen LogP contribution in [-0.2, 0) is 52.3 Å². The van der Waals surface area contributed by atoms with Crippen LogP contribution < -0.4 is 0 Å². The average molecular weight is 432 g/mol. The Kier molecular flexibility index (Phi) is 42.2. The van der Waals surface area contributed by atoms with Gasteiger partial charge in [0, 0.05) is 0 Å². The molecule has 0 unspecified atom stereocenters. The Labute approximate surface area is 82.1 Å². The van der Waals surface area contributed by atoms with E-state index in [1.807, 2.05) is 0 Å². The van der Waals surface area contributed by atoms with E-state index in [1.165, 1.54) is 52.3 Å². The van der Waals surface area contributed by atoms with E-state index < -0.39 is 0 Å². The Morgan fingerprint density at radius 2 is 0.750 bits per heavy atom. The van der Waals surface area contributed by atoms with Gasteiger partial charge in [-0.15, -0.1) is 0 Å². The molecule has 20 valence electrons. The summed E-state index contributed by atoms with van der Waals surface area (Å²) in [6.07, 6.45) is 0. The summed E-state index contributed by atoms with van der Waals surface area (Å²) in [7, 11) is 0. The van der Waals surface area contributed by atoms with Gasteiger partial charge in [0.1, 0.15) is 0 Å². The molecule has 0 saturated carbocycles. The predicted octanol–water partition coefficient (Wildman–Crippen LogP) is 1.77. The number of hydrogen-bond donors (Lipinski definition) is 0. The predicted molar refractivity (Wildman–Crippen MR) is 28.0 cm³/mol. The third-order valence-electron chi connectivity index (χ3n) is 0. The molecule has 0 atom stereocenters. The molecule has 4 heavy (non-hydrogen) atoms. The molecule has 0 spiro atoms. The summed E-state index contributed by atoms with van der Waals surface area (Å²) in [4.78, 5) is 0. The molecule has 0 radical (unpaired) electrons. The van der Waals surface area contributed by atoms with Crippen molar-refractivity contribution in [2.45, 2.75) is 0 Å². The van der Waals surface area contributed by atoms with Gasteiger partial charge >= 0.3 is 85.0 Å². The SMILES string of the molecule is [Y][I].[Y][I]. The molecule has 4 heteroatoms. The zero-order valence-electron chi connectivity index (χ0n) is 1.91. The molecular formula is I2Y2. The third kappa shape index (κ3) is 9.18. The van der Waals surface area contributed by atoms with Crippen molar-refractivity contribution in [1.82, 2.24) is 0 Å². The molecule has 0 aromatic rings. The van der Waals surface area contributed by atoms with E-state index >= 15 is 0 Å². The standard InChI is InChI=1S/2HI.2Y/h2*1H;;/q;;2*+1/p-2. The van der Waals surface area contributed by atoms with Crippen molar-refractivity contribution in [3.63, 3.8) is 0 Å². The third-order valence-corrected chi connectivity index (χ3v) is 0. The number of hydrogen-bond acceptors (Lipinski definition) is 0. The van der Waals surface area contributed by atoms with Crippen molar-refractivity contribution in [3.05, 3.63) is 0 Å². The van der Waals surface area contributed by atoms with Gasteiger partial charge in [0.05, 0.1) is 0 Å². The molecule has 0 fully saturated rings. The van der Waals surface area contributed by atoms with E-state index in [1.54, 1.807) is 0 Å². The maximum atomic E-state index is 2.28. The van der Waals surface area contributed by atoms with Crippen molar-refractivity contribution < 1.29 is 52.3 Å². The summed E-state index contributed by atoms with van der Waals surface area (Å²) in [5.74, 6) is 0. The van der Waals surface area contributed by atoms with E-state index in [9.17, 15) is 0 Å². The first kappa shape index (κ1) is 10.6. The summed E-state index contributed by atoms with van der Waals surface area (Å²) >= 11 is 7.20. The van der Waals surface area contributed by atoms with Gasteiger partial charge in [-0.25, -0.2) is 0 Å². The molecule has 0 saturated heterocycles. The fourth-order valence-corrected chi connectivity index (χ4v) is 0. The second-order valence-electron chi connectivity index (χ2n) is 0. The van der Waals surface area contributed by atoms with Gasteiger partial charge in [0.25, 0.3) is 0 Å². The molecule has 0 aliphatic carbocycles. The Bertz CT molecular complexity index is 4.00. The van der Waals surface area contributed by atoms with E-state index in [0.717, 1.165) is 0 Å². The van der Waals surface area contributed by atoms with Gasteiger partial charge < -0.3 is 0 Å². The van der Waals surface area contributed by atoms with Crippen LogP contribution in [0.2, 0.25) is 0 Å². The summed E-state index contributed by atoms with van der Waals surface area (Å²) in [6.45, 7) is 0. The Morgan fingerprint density at radius 3 is 0.750 bits per heavy atom. The van der Waals surface area contributed by atoms with E-state index in [-0.39, 0.29) is 0 Å². The molecule has 0 nitrogen and oxygen atoms in total. The molecule has 0 aliphatic heterocycles. The molecule has 0 bridgehead atoms. The van der Waals surface area contributed by atoms with Crippen LogP contribution in [0.5, 0.6) is 0 Å². The van der Waals surface area contributed by atoms with Gasteiger partial charge in [-0.3, -0.25) is 0 Å². The van der Waals surface area contributed by atoms with Crippen LogP contribution in [0.15, 0.2) is 0 Å². The number of rotatable bonds is 0. The van der Waals surface area contributed by atoms with Crippen molar-refractivity contribution in [2.24, 2.45) is 0 Å².